The molecule has 3 heterocycles. The first kappa shape index (κ1) is 18.2. The van der Waals surface area contributed by atoms with Gasteiger partial charge in [0.2, 0.25) is 5.78 Å². The predicted octanol–water partition coefficient (Wildman–Crippen LogP) is 2.85. The fourth-order valence-corrected chi connectivity index (χ4v) is 3.73. The molecule has 1 atom stereocenters. The molecule has 1 unspecified atom stereocenters. The number of Topliss-reactive ketones (excluding diaryl/α,β-unsaturated/α-hetero) is 1. The molecule has 1 fully saturated rings. The van der Waals surface area contributed by atoms with Gasteiger partial charge >= 0.3 is 6.03 Å². The number of rotatable bonds is 4. The number of amides is 3. The molecule has 1 aromatic heterocycles. The largest absolute Gasteiger partial charge is 0.486 e. The second-order valence-corrected chi connectivity index (χ2v) is 7.38. The topological polar surface area (TPSA) is 98.1 Å². The van der Waals surface area contributed by atoms with Crippen LogP contribution in [0, 0.1) is 0 Å². The lowest BCUT2D eigenvalue weighted by atomic mass is 9.91. The summed E-state index contributed by atoms with van der Waals surface area (Å²) < 4.78 is 16.6. The number of benzene rings is 2. The molecule has 0 saturated carbocycles. The van der Waals surface area contributed by atoms with Gasteiger partial charge in [0.05, 0.1) is 6.54 Å². The van der Waals surface area contributed by atoms with E-state index in [-0.39, 0.29) is 5.76 Å². The Kier molecular flexibility index (Phi) is 4.02. The molecule has 5 rings (SSSR count). The average Bonchev–Trinajstić information content (AvgIpc) is 3.29. The van der Waals surface area contributed by atoms with Crippen LogP contribution in [-0.2, 0) is 10.3 Å². The maximum absolute atomic E-state index is 13.1. The summed E-state index contributed by atoms with van der Waals surface area (Å²) in [6, 6.07) is 13.3. The van der Waals surface area contributed by atoms with E-state index >= 15 is 0 Å². The van der Waals surface area contributed by atoms with E-state index in [1.54, 1.807) is 43.3 Å². The standard InChI is InChI=1S/C22H18N2O6/c1-22(14-6-7-17-19(11-14)29-9-8-28-17)20(26)24(21(27)23-22)12-15(25)18-10-13-4-2-3-5-16(13)30-18/h2-7,10-11H,8-9,12H2,1H3,(H,23,27). The van der Waals surface area contributed by atoms with Gasteiger partial charge in [-0.3, -0.25) is 14.5 Å². The summed E-state index contributed by atoms with van der Waals surface area (Å²) in [5.41, 5.74) is -0.205. The van der Waals surface area contributed by atoms with E-state index in [2.05, 4.69) is 5.32 Å². The number of furan rings is 1. The van der Waals surface area contributed by atoms with Gasteiger partial charge in [0.1, 0.15) is 24.3 Å². The number of hydrogen-bond acceptors (Lipinski definition) is 6. The number of nitrogens with zero attached hydrogens (tertiary/aromatic N) is 1. The Bertz CT molecular complexity index is 1170. The quantitative estimate of drug-likeness (QED) is 0.529. The van der Waals surface area contributed by atoms with Crippen LogP contribution in [0.4, 0.5) is 4.79 Å². The summed E-state index contributed by atoms with van der Waals surface area (Å²) in [6.45, 7) is 2.05. The molecule has 0 spiro atoms. The van der Waals surface area contributed by atoms with Crippen LogP contribution in [0.15, 0.2) is 52.9 Å². The number of imide groups is 1. The van der Waals surface area contributed by atoms with E-state index in [0.29, 0.717) is 35.9 Å². The van der Waals surface area contributed by atoms with E-state index in [1.807, 2.05) is 12.1 Å². The molecule has 2 aromatic carbocycles. The number of ether oxygens (including phenoxy) is 2. The Labute approximate surface area is 171 Å². The molecule has 1 N–H and O–H groups in total. The van der Waals surface area contributed by atoms with E-state index in [1.165, 1.54) is 0 Å². The average molecular weight is 406 g/mol. The van der Waals surface area contributed by atoms with Gasteiger partial charge in [-0.25, -0.2) is 4.79 Å². The van der Waals surface area contributed by atoms with Crippen molar-refractivity contribution in [2.45, 2.75) is 12.5 Å². The van der Waals surface area contributed by atoms with Crippen molar-refractivity contribution >= 4 is 28.7 Å². The minimum atomic E-state index is -1.32. The lowest BCUT2D eigenvalue weighted by Crippen LogP contribution is -2.41. The predicted molar refractivity (Wildman–Crippen MR) is 106 cm³/mol. The Balaban J connectivity index is 1.40. The Hall–Kier alpha value is -3.81. The van der Waals surface area contributed by atoms with Crippen molar-refractivity contribution in [1.82, 2.24) is 10.2 Å². The molecule has 0 aliphatic carbocycles. The van der Waals surface area contributed by atoms with Gasteiger partial charge in [0.25, 0.3) is 5.91 Å². The van der Waals surface area contributed by atoms with Gasteiger partial charge in [0.15, 0.2) is 17.3 Å². The minimum Gasteiger partial charge on any atom is -0.486 e. The normalized spacial score (nSPS) is 20.5. The summed E-state index contributed by atoms with van der Waals surface area (Å²) in [5, 5.41) is 3.47. The molecule has 0 bridgehead atoms. The van der Waals surface area contributed by atoms with Crippen molar-refractivity contribution in [2.24, 2.45) is 0 Å². The first-order chi connectivity index (χ1) is 14.5. The number of urea groups is 1. The van der Waals surface area contributed by atoms with Crippen molar-refractivity contribution in [2.75, 3.05) is 19.8 Å². The molecule has 8 nitrogen and oxygen atoms in total. The highest BCUT2D eigenvalue weighted by Gasteiger charge is 2.50. The zero-order valence-electron chi connectivity index (χ0n) is 16.1. The number of para-hydroxylation sites is 1. The monoisotopic (exact) mass is 406 g/mol. The smallest absolute Gasteiger partial charge is 0.325 e. The van der Waals surface area contributed by atoms with Gasteiger partial charge in [-0.1, -0.05) is 24.3 Å². The molecule has 8 heteroatoms. The highest BCUT2D eigenvalue weighted by molar-refractivity contribution is 6.11. The summed E-state index contributed by atoms with van der Waals surface area (Å²) in [5.74, 6) is 0.223. The van der Waals surface area contributed by atoms with Crippen molar-refractivity contribution < 1.29 is 28.3 Å². The Morgan fingerprint density at radius 3 is 2.63 bits per heavy atom. The van der Waals surface area contributed by atoms with Crippen LogP contribution in [0.2, 0.25) is 0 Å². The van der Waals surface area contributed by atoms with Gasteiger partial charge in [-0.05, 0) is 36.8 Å². The zero-order chi connectivity index (χ0) is 20.9. The number of hydrogen-bond donors (Lipinski definition) is 1. The van der Waals surface area contributed by atoms with Crippen LogP contribution in [0.1, 0.15) is 23.0 Å². The highest BCUT2D eigenvalue weighted by Crippen LogP contribution is 2.37. The third-order valence-electron chi connectivity index (χ3n) is 5.40. The van der Waals surface area contributed by atoms with E-state index in [0.717, 1.165) is 10.3 Å². The second kappa shape index (κ2) is 6.62. The van der Waals surface area contributed by atoms with E-state index in [4.69, 9.17) is 13.9 Å². The third kappa shape index (κ3) is 2.80. The lowest BCUT2D eigenvalue weighted by Gasteiger charge is -2.25. The number of fused-ring (bicyclic) bond motifs is 2. The molecule has 0 radical (unpaired) electrons. The molecule has 3 aromatic rings. The highest BCUT2D eigenvalue weighted by atomic mass is 16.6. The van der Waals surface area contributed by atoms with Crippen molar-refractivity contribution in [3.8, 4) is 11.5 Å². The molecule has 30 heavy (non-hydrogen) atoms. The minimum absolute atomic E-state index is 0.102. The van der Waals surface area contributed by atoms with Gasteiger partial charge in [-0.2, -0.15) is 0 Å². The Morgan fingerprint density at radius 2 is 1.83 bits per heavy atom. The molecular weight excluding hydrogens is 388 g/mol. The van der Waals surface area contributed by atoms with Gasteiger partial charge in [0, 0.05) is 5.39 Å². The molecule has 2 aliphatic heterocycles. The van der Waals surface area contributed by atoms with E-state index < -0.39 is 29.8 Å². The van der Waals surface area contributed by atoms with Crippen LogP contribution in [0.3, 0.4) is 0 Å². The molecule has 1 saturated heterocycles. The lowest BCUT2D eigenvalue weighted by molar-refractivity contribution is -0.130. The maximum atomic E-state index is 13.1. The number of carbonyl (C=O) groups is 3. The first-order valence-electron chi connectivity index (χ1n) is 9.52. The van der Waals surface area contributed by atoms with Crippen molar-refractivity contribution in [3.05, 3.63) is 59.9 Å². The van der Waals surface area contributed by atoms with Gasteiger partial charge in [-0.15, -0.1) is 0 Å². The molecule has 152 valence electrons. The number of nitrogens with one attached hydrogen (secondary N) is 1. The summed E-state index contributed by atoms with van der Waals surface area (Å²) >= 11 is 0. The van der Waals surface area contributed by atoms with Crippen LogP contribution in [0.5, 0.6) is 11.5 Å². The summed E-state index contributed by atoms with van der Waals surface area (Å²) in [6.07, 6.45) is 0. The molecule has 2 aliphatic rings. The molecular formula is C22H18N2O6. The summed E-state index contributed by atoms with van der Waals surface area (Å²) in [4.78, 5) is 39.3. The van der Waals surface area contributed by atoms with Gasteiger partial charge < -0.3 is 19.2 Å². The Morgan fingerprint density at radius 1 is 1.07 bits per heavy atom. The van der Waals surface area contributed by atoms with Crippen molar-refractivity contribution in [1.29, 1.82) is 0 Å². The third-order valence-corrected chi connectivity index (χ3v) is 5.40. The summed E-state index contributed by atoms with van der Waals surface area (Å²) in [7, 11) is 0. The second-order valence-electron chi connectivity index (χ2n) is 7.38. The molecule has 3 amide bonds. The fourth-order valence-electron chi connectivity index (χ4n) is 3.73. The van der Waals surface area contributed by atoms with Crippen LogP contribution < -0.4 is 14.8 Å². The van der Waals surface area contributed by atoms with E-state index in [9.17, 15) is 14.4 Å². The number of ketones is 1. The maximum Gasteiger partial charge on any atom is 0.325 e. The first-order valence-corrected chi connectivity index (χ1v) is 9.52. The van der Waals surface area contributed by atoms with Crippen molar-refractivity contribution in [3.63, 3.8) is 0 Å². The number of carbonyl (C=O) groups excluding carboxylic acids is 3. The van der Waals surface area contributed by atoms with Crippen LogP contribution in [0.25, 0.3) is 11.0 Å². The van der Waals surface area contributed by atoms with Crippen LogP contribution >= 0.6 is 0 Å². The SMILES string of the molecule is CC1(c2ccc3c(c2)OCCO3)NC(=O)N(CC(=O)c2cc3ccccc3o2)C1=O. The van der Waals surface area contributed by atoms with Crippen LogP contribution in [-0.4, -0.2) is 42.4 Å². The fraction of sp³-hybridized carbons (Fsp3) is 0.227. The zero-order valence-corrected chi connectivity index (χ0v) is 16.1.